The van der Waals surface area contributed by atoms with Crippen LogP contribution in [-0.2, 0) is 25.9 Å². The van der Waals surface area contributed by atoms with Crippen LogP contribution in [0.2, 0.25) is 0 Å². The number of hydrogen-bond acceptors (Lipinski definition) is 4. The summed E-state index contributed by atoms with van der Waals surface area (Å²) in [5.74, 6) is 0.551. The predicted octanol–water partition coefficient (Wildman–Crippen LogP) is 1.41. The Morgan fingerprint density at radius 3 is 1.60 bits per heavy atom. The maximum Gasteiger partial charge on any atom is 0.234 e. The summed E-state index contributed by atoms with van der Waals surface area (Å²) in [4.78, 5) is 33.3. The molecule has 2 aromatic heterocycles. The maximum atomic E-state index is 12.6. The highest BCUT2D eigenvalue weighted by atomic mass is 35.5. The minimum absolute atomic E-state index is 0.111. The van der Waals surface area contributed by atoms with Crippen LogP contribution < -0.4 is 0 Å². The zero-order valence-corrected chi connectivity index (χ0v) is 12.3. The predicted molar refractivity (Wildman–Crippen MR) is 72.4 cm³/mol. The Morgan fingerprint density at radius 2 is 1.25 bits per heavy atom. The van der Waals surface area contributed by atoms with Gasteiger partial charge in [-0.05, 0) is 0 Å². The fourth-order valence-electron chi connectivity index (χ4n) is 2.39. The average molecular weight is 313 g/mol. The molecule has 0 saturated heterocycles. The average Bonchev–Trinajstić information content (AvgIpc) is 2.94. The summed E-state index contributed by atoms with van der Waals surface area (Å²) >= 11 is 11.5. The lowest BCUT2D eigenvalue weighted by Gasteiger charge is -2.11. The number of rotatable bonds is 2. The first-order valence-corrected chi connectivity index (χ1v) is 6.90. The van der Waals surface area contributed by atoms with Gasteiger partial charge in [-0.15, -0.1) is 23.2 Å². The lowest BCUT2D eigenvalue weighted by molar-refractivity contribution is 0.0964. The van der Waals surface area contributed by atoms with Gasteiger partial charge in [0.1, 0.15) is 34.4 Å². The summed E-state index contributed by atoms with van der Waals surface area (Å²) in [5, 5.41) is 0. The van der Waals surface area contributed by atoms with E-state index >= 15 is 0 Å². The zero-order valence-electron chi connectivity index (χ0n) is 10.8. The highest BCUT2D eigenvalue weighted by Gasteiger charge is 2.39. The van der Waals surface area contributed by atoms with E-state index in [1.165, 1.54) is 0 Å². The summed E-state index contributed by atoms with van der Waals surface area (Å²) in [6.07, 6.45) is 0. The van der Waals surface area contributed by atoms with Crippen molar-refractivity contribution in [1.29, 1.82) is 0 Å². The van der Waals surface area contributed by atoms with Crippen molar-refractivity contribution in [2.45, 2.75) is 11.8 Å². The molecular formula is C12H10Cl2N4O2. The second-order valence-corrected chi connectivity index (χ2v) is 5.03. The molecule has 0 amide bonds. The van der Waals surface area contributed by atoms with E-state index in [4.69, 9.17) is 23.2 Å². The molecule has 2 heterocycles. The SMILES string of the molecule is Cn1c(CCl)nc2c1C(=O)c1c(nc(CCl)n1C)C2=O. The number of carbonyl (C=O) groups excluding carboxylic acids is 2. The number of halogens is 2. The number of aromatic nitrogens is 4. The van der Waals surface area contributed by atoms with E-state index in [0.717, 1.165) is 0 Å². The molecule has 3 rings (SSSR count). The number of imidazole rings is 2. The Hall–Kier alpha value is -1.66. The maximum absolute atomic E-state index is 12.6. The summed E-state index contributed by atoms with van der Waals surface area (Å²) in [6.45, 7) is 0. The number of carbonyl (C=O) groups is 2. The van der Waals surface area contributed by atoms with Crippen LogP contribution >= 0.6 is 23.2 Å². The molecule has 8 heteroatoms. The Labute approximate surface area is 124 Å². The largest absolute Gasteiger partial charge is 0.327 e. The fourth-order valence-corrected chi connectivity index (χ4v) is 2.87. The highest BCUT2D eigenvalue weighted by molar-refractivity contribution is 6.26. The number of nitrogens with zero attached hydrogens (tertiary/aromatic N) is 4. The molecule has 0 fully saturated rings. The van der Waals surface area contributed by atoms with Crippen molar-refractivity contribution >= 4 is 34.8 Å². The number of ketones is 2. The molecule has 0 spiro atoms. The van der Waals surface area contributed by atoms with Crippen molar-refractivity contribution < 1.29 is 9.59 Å². The van der Waals surface area contributed by atoms with E-state index in [9.17, 15) is 9.59 Å². The lowest BCUT2D eigenvalue weighted by atomic mass is 9.99. The van der Waals surface area contributed by atoms with Crippen LogP contribution in [-0.4, -0.2) is 30.7 Å². The molecule has 0 aromatic carbocycles. The number of fused-ring (bicyclic) bond motifs is 2. The molecule has 104 valence electrons. The first-order valence-electron chi connectivity index (χ1n) is 5.83. The van der Waals surface area contributed by atoms with Gasteiger partial charge in [-0.2, -0.15) is 0 Å². The minimum atomic E-state index is -0.367. The van der Waals surface area contributed by atoms with E-state index in [0.29, 0.717) is 11.6 Å². The second kappa shape index (κ2) is 4.43. The molecule has 0 saturated carbocycles. The molecular weight excluding hydrogens is 303 g/mol. The number of alkyl halides is 2. The van der Waals surface area contributed by atoms with Crippen molar-refractivity contribution in [2.75, 3.05) is 0 Å². The third-order valence-corrected chi connectivity index (χ3v) is 3.95. The first kappa shape index (κ1) is 13.3. The van der Waals surface area contributed by atoms with E-state index in [-0.39, 0.29) is 46.1 Å². The summed E-state index contributed by atoms with van der Waals surface area (Å²) in [5.41, 5.74) is 0.726. The van der Waals surface area contributed by atoms with Gasteiger partial charge < -0.3 is 9.13 Å². The lowest BCUT2D eigenvalue weighted by Crippen LogP contribution is -2.24. The van der Waals surface area contributed by atoms with Gasteiger partial charge in [-0.1, -0.05) is 0 Å². The van der Waals surface area contributed by atoms with E-state index in [2.05, 4.69) is 9.97 Å². The van der Waals surface area contributed by atoms with Gasteiger partial charge in [0, 0.05) is 14.1 Å². The summed E-state index contributed by atoms with van der Waals surface area (Å²) < 4.78 is 3.11. The van der Waals surface area contributed by atoms with Crippen molar-refractivity contribution in [3.8, 4) is 0 Å². The normalized spacial score (nSPS) is 13.6. The molecule has 1 aliphatic rings. The molecule has 0 N–H and O–H groups in total. The first-order chi connectivity index (χ1) is 9.51. The second-order valence-electron chi connectivity index (χ2n) is 4.49. The molecule has 0 unspecified atom stereocenters. The van der Waals surface area contributed by atoms with Crippen molar-refractivity contribution in [2.24, 2.45) is 14.1 Å². The van der Waals surface area contributed by atoms with E-state index < -0.39 is 0 Å². The van der Waals surface area contributed by atoms with Crippen LogP contribution in [0, 0.1) is 0 Å². The summed E-state index contributed by atoms with van der Waals surface area (Å²) in [7, 11) is 3.33. The van der Waals surface area contributed by atoms with Crippen LogP contribution in [0.5, 0.6) is 0 Å². The fraction of sp³-hybridized carbons (Fsp3) is 0.333. The Balaban J connectivity index is 2.30. The van der Waals surface area contributed by atoms with Crippen molar-refractivity contribution in [1.82, 2.24) is 19.1 Å². The Bertz CT molecular complexity index is 700. The van der Waals surface area contributed by atoms with Gasteiger partial charge in [0.15, 0.2) is 0 Å². The smallest absolute Gasteiger partial charge is 0.234 e. The summed E-state index contributed by atoms with van der Waals surface area (Å²) in [6, 6.07) is 0. The minimum Gasteiger partial charge on any atom is -0.327 e. The van der Waals surface area contributed by atoms with Gasteiger partial charge in [0.2, 0.25) is 11.6 Å². The van der Waals surface area contributed by atoms with Gasteiger partial charge in [-0.25, -0.2) is 9.97 Å². The van der Waals surface area contributed by atoms with Crippen molar-refractivity contribution in [3.05, 3.63) is 34.4 Å². The molecule has 20 heavy (non-hydrogen) atoms. The molecule has 0 radical (unpaired) electrons. The van der Waals surface area contributed by atoms with Crippen LogP contribution in [0.1, 0.15) is 44.0 Å². The topological polar surface area (TPSA) is 69.8 Å². The van der Waals surface area contributed by atoms with Crippen molar-refractivity contribution in [3.63, 3.8) is 0 Å². The van der Waals surface area contributed by atoms with E-state index in [1.54, 1.807) is 23.2 Å². The molecule has 0 bridgehead atoms. The number of hydrogen-bond donors (Lipinski definition) is 0. The molecule has 1 aliphatic carbocycles. The third kappa shape index (κ3) is 1.52. The van der Waals surface area contributed by atoms with Gasteiger partial charge in [0.05, 0.1) is 11.8 Å². The Kier molecular flexibility index (Phi) is 2.95. The zero-order chi connectivity index (χ0) is 14.6. The van der Waals surface area contributed by atoms with Crippen LogP contribution in [0.25, 0.3) is 0 Å². The standard InChI is InChI=1S/C12H10Cl2N4O2/c1-17-5(3-13)15-7-9(17)12(20)10-8(11(7)19)16-6(4-14)18(10)2/h3-4H2,1-2H3. The Morgan fingerprint density at radius 1 is 0.850 bits per heavy atom. The molecule has 0 aliphatic heterocycles. The van der Waals surface area contributed by atoms with E-state index in [1.807, 2.05) is 0 Å². The van der Waals surface area contributed by atoms with Crippen LogP contribution in [0.3, 0.4) is 0 Å². The van der Waals surface area contributed by atoms with Gasteiger partial charge >= 0.3 is 0 Å². The molecule has 2 aromatic rings. The van der Waals surface area contributed by atoms with Crippen LogP contribution in [0.4, 0.5) is 0 Å². The van der Waals surface area contributed by atoms with Crippen LogP contribution in [0.15, 0.2) is 0 Å². The monoisotopic (exact) mass is 312 g/mol. The molecule has 6 nitrogen and oxygen atoms in total. The molecule has 0 atom stereocenters. The van der Waals surface area contributed by atoms with Gasteiger partial charge in [-0.3, -0.25) is 9.59 Å². The van der Waals surface area contributed by atoms with Gasteiger partial charge in [0.25, 0.3) is 0 Å². The third-order valence-electron chi connectivity index (χ3n) is 3.47. The quantitative estimate of drug-likeness (QED) is 0.671. The highest BCUT2D eigenvalue weighted by Crippen LogP contribution is 2.28.